The molecular formula is C20H18ClF2N3O2. The van der Waals surface area contributed by atoms with Crippen LogP contribution < -0.4 is 10.5 Å². The summed E-state index contributed by atoms with van der Waals surface area (Å²) < 4.78 is 29.5. The Morgan fingerprint density at radius 3 is 2.54 bits per heavy atom. The van der Waals surface area contributed by atoms with Crippen LogP contribution in [0.1, 0.15) is 23.6 Å². The van der Waals surface area contributed by atoms with Gasteiger partial charge in [0, 0.05) is 7.05 Å². The lowest BCUT2D eigenvalue weighted by atomic mass is 9.82. The first kappa shape index (κ1) is 19.8. The van der Waals surface area contributed by atoms with Crippen LogP contribution >= 0.6 is 11.6 Å². The zero-order valence-electron chi connectivity index (χ0n) is 15.2. The fourth-order valence-electron chi connectivity index (χ4n) is 3.16. The predicted molar refractivity (Wildman–Crippen MR) is 104 cm³/mol. The monoisotopic (exact) mass is 405 g/mol. The Labute approximate surface area is 166 Å². The van der Waals surface area contributed by atoms with Crippen LogP contribution in [0, 0.1) is 0 Å². The highest BCUT2D eigenvalue weighted by Crippen LogP contribution is 2.42. The van der Waals surface area contributed by atoms with Crippen molar-refractivity contribution in [2.75, 3.05) is 7.05 Å². The molecule has 146 valence electrons. The Balaban J connectivity index is 2.21. The third-order valence-electron chi connectivity index (χ3n) is 4.47. The van der Waals surface area contributed by atoms with E-state index in [0.29, 0.717) is 11.1 Å². The van der Waals surface area contributed by atoms with Crippen LogP contribution in [-0.4, -0.2) is 30.4 Å². The first-order valence-electron chi connectivity index (χ1n) is 8.41. The van der Waals surface area contributed by atoms with E-state index in [1.807, 2.05) is 31.2 Å². The van der Waals surface area contributed by atoms with Crippen LogP contribution in [0.15, 0.2) is 53.5 Å². The number of allylic oxidation sites excluding steroid dienone is 1. The van der Waals surface area contributed by atoms with Crippen LogP contribution in [0.2, 0.25) is 5.02 Å². The van der Waals surface area contributed by atoms with Gasteiger partial charge in [-0.2, -0.15) is 8.78 Å². The maximum atomic E-state index is 13.2. The SMILES string of the molecule is C/C=C/c1cccc(C2(c3ccc(OC(F)F)c(Cl)c3)N=C(N)N(C)C2=O)c1. The van der Waals surface area contributed by atoms with E-state index in [1.54, 1.807) is 12.1 Å². The summed E-state index contributed by atoms with van der Waals surface area (Å²) in [7, 11) is 1.52. The van der Waals surface area contributed by atoms with Crippen LogP contribution in [-0.2, 0) is 10.3 Å². The van der Waals surface area contributed by atoms with Gasteiger partial charge < -0.3 is 10.5 Å². The molecule has 1 amide bonds. The summed E-state index contributed by atoms with van der Waals surface area (Å²) in [4.78, 5) is 18.9. The second-order valence-corrected chi connectivity index (χ2v) is 6.60. The van der Waals surface area contributed by atoms with E-state index in [1.165, 1.54) is 30.1 Å². The molecule has 0 spiro atoms. The first-order valence-corrected chi connectivity index (χ1v) is 8.79. The van der Waals surface area contributed by atoms with Gasteiger partial charge in [0.25, 0.3) is 5.91 Å². The molecule has 0 bridgehead atoms. The molecule has 0 saturated heterocycles. The Kier molecular flexibility index (Phi) is 5.38. The molecule has 0 saturated carbocycles. The van der Waals surface area contributed by atoms with Crippen LogP contribution in [0.5, 0.6) is 5.75 Å². The number of ether oxygens (including phenoxy) is 1. The number of carbonyl (C=O) groups is 1. The van der Waals surface area contributed by atoms with Crippen molar-refractivity contribution in [3.05, 3.63) is 70.3 Å². The molecule has 0 radical (unpaired) electrons. The molecule has 1 unspecified atom stereocenters. The molecule has 0 aromatic heterocycles. The molecule has 5 nitrogen and oxygen atoms in total. The van der Waals surface area contributed by atoms with Crippen LogP contribution in [0.25, 0.3) is 6.08 Å². The highest BCUT2D eigenvalue weighted by atomic mass is 35.5. The summed E-state index contributed by atoms with van der Waals surface area (Å²) in [5, 5.41) is -0.0575. The molecule has 3 rings (SSSR count). The maximum Gasteiger partial charge on any atom is 0.387 e. The molecule has 28 heavy (non-hydrogen) atoms. The number of hydrogen-bond donors (Lipinski definition) is 1. The lowest BCUT2D eigenvalue weighted by Crippen LogP contribution is -2.41. The van der Waals surface area contributed by atoms with Gasteiger partial charge in [-0.15, -0.1) is 0 Å². The van der Waals surface area contributed by atoms with E-state index < -0.39 is 12.2 Å². The van der Waals surface area contributed by atoms with Gasteiger partial charge in [0.15, 0.2) is 11.5 Å². The normalized spacial score (nSPS) is 19.6. The van der Waals surface area contributed by atoms with Crippen molar-refractivity contribution < 1.29 is 18.3 Å². The van der Waals surface area contributed by atoms with Crippen LogP contribution in [0.3, 0.4) is 0 Å². The van der Waals surface area contributed by atoms with E-state index in [9.17, 15) is 13.6 Å². The standard InChI is InChI=1S/C20H18ClF2N3O2/c1-3-5-12-6-4-7-13(10-12)20(17(27)26(2)19(24)25-20)14-8-9-16(15(21)11-14)28-18(22)23/h3-11,18H,1-2H3,(H2,24,25)/b5-3+. The summed E-state index contributed by atoms with van der Waals surface area (Å²) in [6, 6.07) is 11.5. The van der Waals surface area contributed by atoms with Gasteiger partial charge in [-0.25, -0.2) is 4.99 Å². The molecule has 2 aromatic carbocycles. The number of nitrogens with two attached hydrogens (primary N) is 1. The number of halogens is 3. The Bertz CT molecular complexity index is 978. The highest BCUT2D eigenvalue weighted by molar-refractivity contribution is 6.32. The van der Waals surface area contributed by atoms with Crippen LogP contribution in [0.4, 0.5) is 8.78 Å². The summed E-state index contributed by atoms with van der Waals surface area (Å²) in [5.74, 6) is -0.513. The van der Waals surface area contributed by atoms with E-state index >= 15 is 0 Å². The number of hydrogen-bond acceptors (Lipinski definition) is 4. The van der Waals surface area contributed by atoms with E-state index in [0.717, 1.165) is 5.56 Å². The zero-order chi connectivity index (χ0) is 20.5. The predicted octanol–water partition coefficient (Wildman–Crippen LogP) is 4.00. The van der Waals surface area contributed by atoms with Gasteiger partial charge >= 0.3 is 6.61 Å². The lowest BCUT2D eigenvalue weighted by Gasteiger charge is -2.27. The summed E-state index contributed by atoms with van der Waals surface area (Å²) >= 11 is 6.13. The minimum atomic E-state index is -3.01. The number of amides is 1. The van der Waals surface area contributed by atoms with E-state index in [2.05, 4.69) is 9.73 Å². The largest absolute Gasteiger partial charge is 0.433 e. The summed E-state index contributed by atoms with van der Waals surface area (Å²) in [6.45, 7) is -1.13. The van der Waals surface area contributed by atoms with Crippen molar-refractivity contribution in [3.63, 3.8) is 0 Å². The second-order valence-electron chi connectivity index (χ2n) is 6.19. The van der Waals surface area contributed by atoms with Gasteiger partial charge in [0.05, 0.1) is 5.02 Å². The van der Waals surface area contributed by atoms with Gasteiger partial charge in [-0.05, 0) is 41.8 Å². The lowest BCUT2D eigenvalue weighted by molar-refractivity contribution is -0.129. The number of rotatable bonds is 5. The minimum absolute atomic E-state index is 0.0467. The third-order valence-corrected chi connectivity index (χ3v) is 4.76. The van der Waals surface area contributed by atoms with Gasteiger partial charge in [-0.1, -0.05) is 48.0 Å². The van der Waals surface area contributed by atoms with Crippen molar-refractivity contribution in [2.24, 2.45) is 10.7 Å². The number of nitrogens with zero attached hydrogens (tertiary/aromatic N) is 2. The Morgan fingerprint density at radius 2 is 1.96 bits per heavy atom. The Morgan fingerprint density at radius 1 is 1.25 bits per heavy atom. The first-order chi connectivity index (χ1) is 13.3. The molecule has 2 aromatic rings. The number of benzene rings is 2. The van der Waals surface area contributed by atoms with Gasteiger partial charge in [0.1, 0.15) is 5.75 Å². The van der Waals surface area contributed by atoms with Crippen molar-refractivity contribution >= 4 is 29.5 Å². The molecule has 0 aliphatic carbocycles. The molecular weight excluding hydrogens is 388 g/mol. The van der Waals surface area contributed by atoms with Gasteiger partial charge in [0.2, 0.25) is 0 Å². The fraction of sp³-hybridized carbons (Fsp3) is 0.200. The summed E-state index contributed by atoms with van der Waals surface area (Å²) in [5.41, 5.74) is 6.32. The van der Waals surface area contributed by atoms with Crippen molar-refractivity contribution in [1.82, 2.24) is 4.90 Å². The van der Waals surface area contributed by atoms with E-state index in [-0.39, 0.29) is 22.6 Å². The van der Waals surface area contributed by atoms with Gasteiger partial charge in [-0.3, -0.25) is 9.69 Å². The number of likely N-dealkylation sites (N-methyl/N-ethyl adjacent to an activating group) is 1. The summed E-state index contributed by atoms with van der Waals surface area (Å²) in [6.07, 6.45) is 3.76. The Hall–Kier alpha value is -2.93. The fourth-order valence-corrected chi connectivity index (χ4v) is 3.39. The smallest absolute Gasteiger partial charge is 0.387 e. The van der Waals surface area contributed by atoms with E-state index in [4.69, 9.17) is 17.3 Å². The molecule has 0 fully saturated rings. The van der Waals surface area contributed by atoms with Crippen molar-refractivity contribution in [2.45, 2.75) is 19.1 Å². The molecule has 8 heteroatoms. The average molecular weight is 406 g/mol. The average Bonchev–Trinajstić information content (AvgIpc) is 2.88. The van der Waals surface area contributed by atoms with Crippen molar-refractivity contribution in [1.29, 1.82) is 0 Å². The number of aliphatic imine (C=N–C) groups is 1. The molecule has 1 aliphatic heterocycles. The second kappa shape index (κ2) is 7.59. The maximum absolute atomic E-state index is 13.2. The highest BCUT2D eigenvalue weighted by Gasteiger charge is 2.49. The zero-order valence-corrected chi connectivity index (χ0v) is 16.0. The number of alkyl halides is 2. The van der Waals surface area contributed by atoms with Crippen molar-refractivity contribution in [3.8, 4) is 5.75 Å². The quantitative estimate of drug-likeness (QED) is 0.817. The topological polar surface area (TPSA) is 67.9 Å². The number of guanidine groups is 1. The molecule has 1 aliphatic rings. The number of carbonyl (C=O) groups excluding carboxylic acids is 1. The molecule has 1 heterocycles. The third kappa shape index (κ3) is 3.33. The minimum Gasteiger partial charge on any atom is -0.433 e. The molecule has 1 atom stereocenters. The molecule has 2 N–H and O–H groups in total.